The first-order valence-corrected chi connectivity index (χ1v) is 7.67. The summed E-state index contributed by atoms with van der Waals surface area (Å²) in [7, 11) is 1.95. The van der Waals surface area contributed by atoms with Crippen LogP contribution in [0.4, 0.5) is 4.39 Å². The lowest BCUT2D eigenvalue weighted by atomic mass is 9.99. The summed E-state index contributed by atoms with van der Waals surface area (Å²) in [6.45, 7) is 0. The molecule has 0 aliphatic heterocycles. The van der Waals surface area contributed by atoms with Gasteiger partial charge in [0.15, 0.2) is 0 Å². The van der Waals surface area contributed by atoms with E-state index in [1.807, 2.05) is 19.2 Å². The zero-order valence-corrected chi connectivity index (χ0v) is 12.9. The Morgan fingerprint density at radius 2 is 1.95 bits per heavy atom. The SMILES string of the molecule is CNC(c1ccc(Br)c(F)c1)C1CC1c1ccccc1. The van der Waals surface area contributed by atoms with Crippen LogP contribution in [0.25, 0.3) is 0 Å². The maximum Gasteiger partial charge on any atom is 0.137 e. The summed E-state index contributed by atoms with van der Waals surface area (Å²) < 4.78 is 14.2. The zero-order chi connectivity index (χ0) is 14.1. The summed E-state index contributed by atoms with van der Waals surface area (Å²) in [4.78, 5) is 0. The van der Waals surface area contributed by atoms with Crippen LogP contribution in [0.3, 0.4) is 0 Å². The standard InChI is InChI=1S/C17H17BrFN/c1-20-17(12-7-8-15(18)16(19)9-12)14-10-13(14)11-5-3-2-4-6-11/h2-9,13-14,17,20H,10H2,1H3. The second-order valence-electron chi connectivity index (χ2n) is 5.36. The van der Waals surface area contributed by atoms with E-state index in [0.29, 0.717) is 16.3 Å². The van der Waals surface area contributed by atoms with E-state index in [9.17, 15) is 4.39 Å². The van der Waals surface area contributed by atoms with Gasteiger partial charge in [0.05, 0.1) is 4.47 Å². The van der Waals surface area contributed by atoms with E-state index in [1.165, 1.54) is 5.56 Å². The highest BCUT2D eigenvalue weighted by molar-refractivity contribution is 9.10. The van der Waals surface area contributed by atoms with Gasteiger partial charge in [-0.05, 0) is 64.5 Å². The van der Waals surface area contributed by atoms with E-state index in [4.69, 9.17) is 0 Å². The summed E-state index contributed by atoms with van der Waals surface area (Å²) in [5.41, 5.74) is 2.41. The van der Waals surface area contributed by atoms with Crippen molar-refractivity contribution in [2.24, 2.45) is 5.92 Å². The predicted octanol–water partition coefficient (Wildman–Crippen LogP) is 4.65. The highest BCUT2D eigenvalue weighted by atomic mass is 79.9. The fourth-order valence-corrected chi connectivity index (χ4v) is 3.25. The Morgan fingerprint density at radius 1 is 1.20 bits per heavy atom. The molecule has 1 fully saturated rings. The van der Waals surface area contributed by atoms with Gasteiger partial charge in [-0.1, -0.05) is 36.4 Å². The second-order valence-corrected chi connectivity index (χ2v) is 6.21. The van der Waals surface area contributed by atoms with Crippen molar-refractivity contribution in [2.75, 3.05) is 7.05 Å². The van der Waals surface area contributed by atoms with Crippen LogP contribution in [-0.4, -0.2) is 7.05 Å². The van der Waals surface area contributed by atoms with Gasteiger partial charge >= 0.3 is 0 Å². The molecule has 3 atom stereocenters. The minimum atomic E-state index is -0.195. The minimum absolute atomic E-state index is 0.195. The van der Waals surface area contributed by atoms with Crippen LogP contribution >= 0.6 is 15.9 Å². The van der Waals surface area contributed by atoms with Crippen molar-refractivity contribution in [3.05, 3.63) is 69.9 Å². The number of nitrogens with one attached hydrogen (secondary N) is 1. The number of hydrogen-bond donors (Lipinski definition) is 1. The number of benzene rings is 2. The van der Waals surface area contributed by atoms with Gasteiger partial charge in [-0.15, -0.1) is 0 Å². The van der Waals surface area contributed by atoms with E-state index in [-0.39, 0.29) is 11.9 Å². The van der Waals surface area contributed by atoms with Gasteiger partial charge in [0.1, 0.15) is 5.82 Å². The average molecular weight is 334 g/mol. The summed E-state index contributed by atoms with van der Waals surface area (Å²) in [6.07, 6.45) is 1.16. The molecular formula is C17H17BrFN. The molecule has 1 N–H and O–H groups in total. The van der Waals surface area contributed by atoms with E-state index in [0.717, 1.165) is 12.0 Å². The molecule has 3 unspecified atom stereocenters. The van der Waals surface area contributed by atoms with Crippen molar-refractivity contribution in [2.45, 2.75) is 18.4 Å². The molecule has 0 spiro atoms. The Labute approximate surface area is 127 Å². The van der Waals surface area contributed by atoms with Crippen LogP contribution in [0.2, 0.25) is 0 Å². The molecule has 3 rings (SSSR count). The molecule has 0 saturated heterocycles. The number of hydrogen-bond acceptors (Lipinski definition) is 1. The largest absolute Gasteiger partial charge is 0.313 e. The third-order valence-corrected chi connectivity index (χ3v) is 4.75. The number of halogens is 2. The van der Waals surface area contributed by atoms with Gasteiger partial charge in [0.25, 0.3) is 0 Å². The molecule has 1 aliphatic carbocycles. The van der Waals surface area contributed by atoms with Crippen molar-refractivity contribution in [3.63, 3.8) is 0 Å². The summed E-state index contributed by atoms with van der Waals surface area (Å²) in [5, 5.41) is 3.34. The van der Waals surface area contributed by atoms with E-state index >= 15 is 0 Å². The molecule has 1 nitrogen and oxygen atoms in total. The van der Waals surface area contributed by atoms with Crippen molar-refractivity contribution in [1.82, 2.24) is 5.32 Å². The molecule has 1 saturated carbocycles. The van der Waals surface area contributed by atoms with E-state index < -0.39 is 0 Å². The highest BCUT2D eigenvalue weighted by Crippen LogP contribution is 2.54. The van der Waals surface area contributed by atoms with Gasteiger partial charge in [-0.25, -0.2) is 4.39 Å². The first-order chi connectivity index (χ1) is 9.70. The second kappa shape index (κ2) is 5.66. The Morgan fingerprint density at radius 3 is 2.60 bits per heavy atom. The van der Waals surface area contributed by atoms with Gasteiger partial charge in [0, 0.05) is 6.04 Å². The molecule has 0 radical (unpaired) electrons. The van der Waals surface area contributed by atoms with Gasteiger partial charge < -0.3 is 5.32 Å². The monoisotopic (exact) mass is 333 g/mol. The fraction of sp³-hybridized carbons (Fsp3) is 0.294. The van der Waals surface area contributed by atoms with Crippen LogP contribution in [0.5, 0.6) is 0 Å². The summed E-state index contributed by atoms with van der Waals surface area (Å²) in [6, 6.07) is 16.2. The van der Waals surface area contributed by atoms with Gasteiger partial charge in [-0.3, -0.25) is 0 Å². The number of rotatable bonds is 4. The Bertz CT molecular complexity index is 599. The minimum Gasteiger partial charge on any atom is -0.313 e. The van der Waals surface area contributed by atoms with Crippen molar-refractivity contribution in [3.8, 4) is 0 Å². The molecule has 2 aromatic carbocycles. The predicted molar refractivity (Wildman–Crippen MR) is 83.2 cm³/mol. The fourth-order valence-electron chi connectivity index (χ4n) is 3.00. The summed E-state index contributed by atoms with van der Waals surface area (Å²) in [5.74, 6) is 0.933. The maximum atomic E-state index is 13.7. The smallest absolute Gasteiger partial charge is 0.137 e. The normalized spacial score (nSPS) is 22.6. The van der Waals surface area contributed by atoms with Crippen LogP contribution in [0.1, 0.15) is 29.5 Å². The molecule has 0 bridgehead atoms. The van der Waals surface area contributed by atoms with Crippen LogP contribution < -0.4 is 5.32 Å². The van der Waals surface area contributed by atoms with Crippen LogP contribution in [0, 0.1) is 11.7 Å². The zero-order valence-electron chi connectivity index (χ0n) is 11.3. The third-order valence-electron chi connectivity index (χ3n) is 4.11. The van der Waals surface area contributed by atoms with E-state index in [2.05, 4.69) is 45.5 Å². The van der Waals surface area contributed by atoms with E-state index in [1.54, 1.807) is 12.1 Å². The lowest BCUT2D eigenvalue weighted by Crippen LogP contribution is -2.19. The first-order valence-electron chi connectivity index (χ1n) is 6.88. The molecule has 20 heavy (non-hydrogen) atoms. The lowest BCUT2D eigenvalue weighted by molar-refractivity contribution is 0.512. The molecule has 3 heteroatoms. The van der Waals surface area contributed by atoms with Gasteiger partial charge in [0.2, 0.25) is 0 Å². The highest BCUT2D eigenvalue weighted by Gasteiger charge is 2.43. The van der Waals surface area contributed by atoms with Crippen molar-refractivity contribution < 1.29 is 4.39 Å². The molecule has 0 heterocycles. The Hall–Kier alpha value is -1.19. The Kier molecular flexibility index (Phi) is 3.90. The van der Waals surface area contributed by atoms with Gasteiger partial charge in [-0.2, -0.15) is 0 Å². The molecule has 104 valence electrons. The maximum absolute atomic E-state index is 13.7. The topological polar surface area (TPSA) is 12.0 Å². The molecular weight excluding hydrogens is 317 g/mol. The van der Waals surface area contributed by atoms with Crippen molar-refractivity contribution in [1.29, 1.82) is 0 Å². The molecule has 0 amide bonds. The van der Waals surface area contributed by atoms with Crippen molar-refractivity contribution >= 4 is 15.9 Å². The molecule has 2 aromatic rings. The third kappa shape index (κ3) is 2.65. The average Bonchev–Trinajstić information content (AvgIpc) is 3.25. The van der Waals surface area contributed by atoms with Crippen LogP contribution in [-0.2, 0) is 0 Å². The van der Waals surface area contributed by atoms with Crippen LogP contribution in [0.15, 0.2) is 53.0 Å². The quantitative estimate of drug-likeness (QED) is 0.858. The summed E-state index contributed by atoms with van der Waals surface area (Å²) >= 11 is 3.21. The Balaban J connectivity index is 1.80. The first kappa shape index (κ1) is 13.8. The molecule has 1 aliphatic rings. The lowest BCUT2D eigenvalue weighted by Gasteiger charge is -2.17. The molecule has 0 aromatic heterocycles.